The lowest BCUT2D eigenvalue weighted by atomic mass is 10.2. The third kappa shape index (κ3) is 5.89. The average molecular weight is 335 g/mol. The zero-order chi connectivity index (χ0) is 15.8. The first-order valence-corrected chi connectivity index (χ1v) is 7.28. The molecule has 0 bridgehead atoms. The number of carboxylic acids is 1. The van der Waals surface area contributed by atoms with Crippen molar-refractivity contribution < 1.29 is 25.7 Å². The van der Waals surface area contributed by atoms with Crippen molar-refractivity contribution in [1.29, 1.82) is 0 Å². The van der Waals surface area contributed by atoms with Crippen LogP contribution in [0.4, 0.5) is 5.69 Å². The molecular weight excluding hydrogens is 317 g/mol. The van der Waals surface area contributed by atoms with E-state index in [1.807, 2.05) is 0 Å². The average Bonchev–Trinajstić information content (AvgIpc) is 2.42. The van der Waals surface area contributed by atoms with Gasteiger partial charge < -0.3 is 26.3 Å². The van der Waals surface area contributed by atoms with Gasteiger partial charge in [-0.2, -0.15) is 0 Å². The number of aliphatic carboxylic acids is 1. The maximum Gasteiger partial charge on any atom is 0.230 e. The molecule has 0 fully saturated rings. The maximum atomic E-state index is 11.9. The smallest absolute Gasteiger partial charge is 0.230 e. The van der Waals surface area contributed by atoms with Gasteiger partial charge in [0.1, 0.15) is 6.04 Å². The highest BCUT2D eigenvalue weighted by molar-refractivity contribution is 6.39. The Bertz CT molecular complexity index is 491. The lowest BCUT2D eigenvalue weighted by Crippen LogP contribution is -2.93. The molecule has 0 heterocycles. The Morgan fingerprint density at radius 3 is 2.48 bits per heavy atom. The van der Waals surface area contributed by atoms with E-state index in [2.05, 4.69) is 11.1 Å². The van der Waals surface area contributed by atoms with E-state index in [9.17, 15) is 14.7 Å². The number of rotatable bonds is 8. The van der Waals surface area contributed by atoms with Crippen molar-refractivity contribution in [3.63, 3.8) is 0 Å². The van der Waals surface area contributed by atoms with E-state index in [1.165, 1.54) is 0 Å². The Morgan fingerprint density at radius 1 is 1.33 bits per heavy atom. The molecule has 0 unspecified atom stereocenters. The fraction of sp³-hybridized carbons (Fsp3) is 0.385. The number of carboxylic acid groups (broad SMARTS) is 1. The first-order valence-electron chi connectivity index (χ1n) is 6.53. The molecule has 0 radical (unpaired) electrons. The van der Waals surface area contributed by atoms with E-state index in [1.54, 1.807) is 23.5 Å². The second-order valence-electron chi connectivity index (χ2n) is 4.51. The second-order valence-corrected chi connectivity index (χ2v) is 5.32. The van der Waals surface area contributed by atoms with E-state index in [0.29, 0.717) is 23.1 Å². The third-order valence-corrected chi connectivity index (χ3v) is 3.47. The molecule has 1 amide bonds. The molecule has 6 nitrogen and oxygen atoms in total. The van der Waals surface area contributed by atoms with Gasteiger partial charge in [-0.1, -0.05) is 29.3 Å². The highest BCUT2D eigenvalue weighted by atomic mass is 35.5. The first kappa shape index (κ1) is 17.7. The van der Waals surface area contributed by atoms with Crippen molar-refractivity contribution in [1.82, 2.24) is 0 Å². The Morgan fingerprint density at radius 2 is 1.95 bits per heavy atom. The van der Waals surface area contributed by atoms with Crippen molar-refractivity contribution in [3.8, 4) is 0 Å². The highest BCUT2D eigenvalue weighted by Crippen LogP contribution is 2.29. The lowest BCUT2D eigenvalue weighted by Gasteiger charge is -2.16. The van der Waals surface area contributed by atoms with Gasteiger partial charge in [0.05, 0.1) is 41.2 Å². The van der Waals surface area contributed by atoms with Crippen LogP contribution in [0.2, 0.25) is 10.0 Å². The summed E-state index contributed by atoms with van der Waals surface area (Å²) in [7, 11) is 0. The predicted octanol–water partition coefficient (Wildman–Crippen LogP) is -1.36. The molecule has 1 aromatic rings. The van der Waals surface area contributed by atoms with E-state index in [0.717, 1.165) is 6.42 Å². The van der Waals surface area contributed by atoms with Gasteiger partial charge in [0.2, 0.25) is 5.91 Å². The van der Waals surface area contributed by atoms with E-state index in [4.69, 9.17) is 23.2 Å². The Hall–Kier alpha value is -1.34. The van der Waals surface area contributed by atoms with Crippen LogP contribution in [0.3, 0.4) is 0 Å². The predicted molar refractivity (Wildman–Crippen MR) is 77.7 cm³/mol. The number of benzene rings is 1. The number of amides is 1. The highest BCUT2D eigenvalue weighted by Gasteiger charge is 2.19. The fourth-order valence-corrected chi connectivity index (χ4v) is 2.23. The number of carbonyl (C=O) groups excluding carboxylic acids is 2. The van der Waals surface area contributed by atoms with Gasteiger partial charge in [0.15, 0.2) is 0 Å². The van der Waals surface area contributed by atoms with Gasteiger partial charge in [-0.05, 0) is 12.1 Å². The number of para-hydroxylation sites is 1. The Kier molecular flexibility index (Phi) is 7.45. The molecule has 0 aliphatic rings. The van der Waals surface area contributed by atoms with Gasteiger partial charge in [-0.15, -0.1) is 0 Å². The van der Waals surface area contributed by atoms with E-state index < -0.39 is 17.9 Å². The molecule has 8 heteroatoms. The molecule has 21 heavy (non-hydrogen) atoms. The number of anilines is 1. The summed E-state index contributed by atoms with van der Waals surface area (Å²) in [5.74, 6) is -1.76. The number of nitrogens with one attached hydrogen (secondary N) is 1. The minimum atomic E-state index is -1.28. The van der Waals surface area contributed by atoms with Crippen LogP contribution in [0.1, 0.15) is 12.8 Å². The number of nitrogens with two attached hydrogens (primary N) is 1. The quantitative estimate of drug-likeness (QED) is 0.510. The van der Waals surface area contributed by atoms with Gasteiger partial charge in [-0.25, -0.2) is 0 Å². The van der Waals surface area contributed by atoms with E-state index >= 15 is 0 Å². The number of hydrogen-bond acceptors (Lipinski definition) is 3. The summed E-state index contributed by atoms with van der Waals surface area (Å²) in [6, 6.07) is 3.87. The van der Waals surface area contributed by atoms with E-state index in [-0.39, 0.29) is 12.1 Å². The molecule has 0 aliphatic heterocycles. The molecule has 0 aromatic heterocycles. The van der Waals surface area contributed by atoms with Crippen LogP contribution in [-0.4, -0.2) is 31.0 Å². The lowest BCUT2D eigenvalue weighted by molar-refractivity contribution is -0.684. The third-order valence-electron chi connectivity index (χ3n) is 2.84. The number of hydrogen-bond donors (Lipinski definition) is 3. The largest absolute Gasteiger partial charge is 0.544 e. The maximum absolute atomic E-state index is 11.9. The summed E-state index contributed by atoms with van der Waals surface area (Å²) in [5, 5.41) is 15.7. The minimum Gasteiger partial charge on any atom is -0.544 e. The van der Waals surface area contributed by atoms with Crippen molar-refractivity contribution in [3.05, 3.63) is 28.2 Å². The van der Waals surface area contributed by atoms with Crippen LogP contribution in [0, 0.1) is 0 Å². The van der Waals surface area contributed by atoms with Crippen LogP contribution in [0.15, 0.2) is 18.2 Å². The van der Waals surface area contributed by atoms with Crippen LogP contribution >= 0.6 is 23.2 Å². The number of quaternary nitrogens is 2. The molecule has 0 spiro atoms. The van der Waals surface area contributed by atoms with Crippen LogP contribution < -0.4 is 21.5 Å². The molecule has 1 atom stereocenters. The summed E-state index contributed by atoms with van der Waals surface area (Å²) in [6.45, 7) is 1.28. The van der Waals surface area contributed by atoms with Gasteiger partial charge in [-0.3, -0.25) is 4.79 Å². The summed E-state index contributed by atoms with van der Waals surface area (Å²) in [4.78, 5) is 22.9. The molecular formula is C13H18Cl2N3O3+. The SMILES string of the molecule is [NH3+]CCC[NH2+][C@H](CC(=O)Nc1c(Cl)cccc1Cl)C(=O)[O-]. The Labute approximate surface area is 132 Å². The number of halogens is 2. The molecule has 1 rings (SSSR count). The van der Waals surface area contributed by atoms with Crippen LogP contribution in [-0.2, 0) is 9.59 Å². The molecule has 0 saturated carbocycles. The fourth-order valence-electron chi connectivity index (χ4n) is 1.73. The summed E-state index contributed by atoms with van der Waals surface area (Å²) in [6.07, 6.45) is 0.544. The standard InChI is InChI=1S/C13H17Cl2N3O3/c14-8-3-1-4-9(15)12(8)18-11(19)7-10(13(20)21)17-6-2-5-16/h1,3-4,10,17H,2,5-7,16H2,(H,18,19)(H,20,21)/p+1/t10-/m1/s1. The van der Waals surface area contributed by atoms with Crippen LogP contribution in [0.25, 0.3) is 0 Å². The topological polar surface area (TPSA) is 113 Å². The summed E-state index contributed by atoms with van der Waals surface area (Å²) in [5.41, 5.74) is 3.95. The van der Waals surface area contributed by atoms with Gasteiger partial charge in [0.25, 0.3) is 0 Å². The van der Waals surface area contributed by atoms with Gasteiger partial charge in [0, 0.05) is 6.42 Å². The molecule has 116 valence electrons. The van der Waals surface area contributed by atoms with Crippen molar-refractivity contribution in [2.24, 2.45) is 0 Å². The normalized spacial score (nSPS) is 12.0. The van der Waals surface area contributed by atoms with Crippen molar-refractivity contribution >= 4 is 40.8 Å². The molecule has 6 N–H and O–H groups in total. The van der Waals surface area contributed by atoms with Crippen molar-refractivity contribution in [2.75, 3.05) is 18.4 Å². The molecule has 1 aromatic carbocycles. The number of carbonyl (C=O) groups is 2. The monoisotopic (exact) mass is 334 g/mol. The Balaban J connectivity index is 2.63. The zero-order valence-corrected chi connectivity index (χ0v) is 12.9. The molecule has 0 aliphatic carbocycles. The summed E-state index contributed by atoms with van der Waals surface area (Å²) >= 11 is 11.9. The van der Waals surface area contributed by atoms with Crippen molar-refractivity contribution in [2.45, 2.75) is 18.9 Å². The summed E-state index contributed by atoms with van der Waals surface area (Å²) < 4.78 is 0. The van der Waals surface area contributed by atoms with Crippen LogP contribution in [0.5, 0.6) is 0 Å². The molecule has 0 saturated heterocycles. The van der Waals surface area contributed by atoms with Gasteiger partial charge >= 0.3 is 0 Å². The minimum absolute atomic E-state index is 0.221. The first-order chi connectivity index (χ1) is 9.95. The zero-order valence-electron chi connectivity index (χ0n) is 11.4. The second kappa shape index (κ2) is 8.84.